The summed E-state index contributed by atoms with van der Waals surface area (Å²) in [4.78, 5) is 14.8. The molecule has 0 unspecified atom stereocenters. The Balaban J connectivity index is 2.78. The molecule has 0 aliphatic heterocycles. The molecule has 14 heavy (non-hydrogen) atoms. The van der Waals surface area contributed by atoms with E-state index in [1.165, 1.54) is 6.92 Å². The van der Waals surface area contributed by atoms with Crippen molar-refractivity contribution in [1.82, 2.24) is 0 Å². The van der Waals surface area contributed by atoms with E-state index in [1.54, 1.807) is 24.3 Å². The first-order valence-electron chi connectivity index (χ1n) is 3.76. The third kappa shape index (κ3) is 3.36. The molecule has 0 aromatic heterocycles. The van der Waals surface area contributed by atoms with Crippen LogP contribution in [0, 0.1) is 0 Å². The molecule has 0 heterocycles. The molecule has 74 valence electrons. The molecule has 0 amide bonds. The maximum Gasteiger partial charge on any atom is 0.332 e. The van der Waals surface area contributed by atoms with E-state index < -0.39 is 5.97 Å². The van der Waals surface area contributed by atoms with Crippen molar-refractivity contribution < 1.29 is 9.63 Å². The first-order valence-corrected chi connectivity index (χ1v) is 4.52. The van der Waals surface area contributed by atoms with Crippen LogP contribution in [0.25, 0.3) is 0 Å². The van der Waals surface area contributed by atoms with Crippen LogP contribution in [0.2, 0.25) is 5.02 Å². The third-order valence-electron chi connectivity index (χ3n) is 1.34. The smallest absolute Gasteiger partial charge is 0.317 e. The van der Waals surface area contributed by atoms with E-state index in [2.05, 4.69) is 9.99 Å². The van der Waals surface area contributed by atoms with Gasteiger partial charge in [-0.1, -0.05) is 40.5 Å². The normalized spacial score (nSPS) is 11.2. The number of halogens is 2. The Morgan fingerprint density at radius 1 is 1.36 bits per heavy atom. The van der Waals surface area contributed by atoms with E-state index >= 15 is 0 Å². The Kier molecular flexibility index (Phi) is 3.92. The van der Waals surface area contributed by atoms with Crippen LogP contribution in [0.15, 0.2) is 29.4 Å². The van der Waals surface area contributed by atoms with E-state index in [0.29, 0.717) is 10.6 Å². The van der Waals surface area contributed by atoms with E-state index in [1.807, 2.05) is 0 Å². The molecule has 0 aliphatic rings. The fraction of sp³-hybridized carbons (Fsp3) is 0.111. The number of benzene rings is 1. The van der Waals surface area contributed by atoms with Crippen molar-refractivity contribution in [1.29, 1.82) is 0 Å². The van der Waals surface area contributed by atoms with Gasteiger partial charge in [0.05, 0.1) is 0 Å². The van der Waals surface area contributed by atoms with Crippen molar-refractivity contribution in [3.63, 3.8) is 0 Å². The lowest BCUT2D eigenvalue weighted by molar-refractivity contribution is -0.140. The Morgan fingerprint density at radius 2 is 1.93 bits per heavy atom. The largest absolute Gasteiger partial charge is 0.332 e. The predicted octanol–water partition coefficient (Wildman–Crippen LogP) is 2.80. The second-order valence-electron chi connectivity index (χ2n) is 2.47. The summed E-state index contributed by atoms with van der Waals surface area (Å²) in [6.07, 6.45) is 0. The van der Waals surface area contributed by atoms with Crippen LogP contribution in [-0.4, -0.2) is 11.1 Å². The van der Waals surface area contributed by atoms with Crippen LogP contribution in [0.3, 0.4) is 0 Å². The Labute approximate surface area is 91.3 Å². The molecule has 1 aromatic carbocycles. The summed E-state index contributed by atoms with van der Waals surface area (Å²) in [6.45, 7) is 1.25. The zero-order valence-corrected chi connectivity index (χ0v) is 8.84. The summed E-state index contributed by atoms with van der Waals surface area (Å²) < 4.78 is 0. The number of hydrogen-bond donors (Lipinski definition) is 0. The molecule has 0 saturated carbocycles. The second kappa shape index (κ2) is 4.98. The first-order chi connectivity index (χ1) is 6.59. The average Bonchev–Trinajstić information content (AvgIpc) is 2.15. The summed E-state index contributed by atoms with van der Waals surface area (Å²) >= 11 is 11.4. The van der Waals surface area contributed by atoms with Gasteiger partial charge in [-0.15, -0.1) is 0 Å². The highest BCUT2D eigenvalue weighted by Crippen LogP contribution is 2.12. The summed E-state index contributed by atoms with van der Waals surface area (Å²) in [5.41, 5.74) is 0.636. The summed E-state index contributed by atoms with van der Waals surface area (Å²) in [5.74, 6) is -0.517. The maximum absolute atomic E-state index is 10.4. The summed E-state index contributed by atoms with van der Waals surface area (Å²) in [7, 11) is 0. The minimum atomic E-state index is -0.517. The Bertz CT molecular complexity index is 360. The zero-order valence-electron chi connectivity index (χ0n) is 7.33. The van der Waals surface area contributed by atoms with Crippen LogP contribution in [0.1, 0.15) is 12.5 Å². The standard InChI is InChI=1S/C9H7Cl2NO2/c1-6(13)14-12-9(11)7-2-4-8(10)5-3-7/h2-5H,1H3. The van der Waals surface area contributed by atoms with Crippen LogP contribution < -0.4 is 0 Å². The molecule has 3 nitrogen and oxygen atoms in total. The van der Waals surface area contributed by atoms with Crippen molar-refractivity contribution in [2.75, 3.05) is 0 Å². The second-order valence-corrected chi connectivity index (χ2v) is 3.27. The molecule has 0 spiro atoms. The van der Waals surface area contributed by atoms with E-state index in [-0.39, 0.29) is 5.17 Å². The van der Waals surface area contributed by atoms with Crippen molar-refractivity contribution in [2.45, 2.75) is 6.92 Å². The highest BCUT2D eigenvalue weighted by atomic mass is 35.5. The molecule has 1 rings (SSSR count). The number of nitrogens with zero attached hydrogens (tertiary/aromatic N) is 1. The van der Waals surface area contributed by atoms with E-state index in [9.17, 15) is 4.79 Å². The van der Waals surface area contributed by atoms with Gasteiger partial charge in [-0.2, -0.15) is 0 Å². The highest BCUT2D eigenvalue weighted by molar-refractivity contribution is 6.69. The van der Waals surface area contributed by atoms with Crippen LogP contribution in [0.4, 0.5) is 0 Å². The van der Waals surface area contributed by atoms with Gasteiger partial charge in [0.15, 0.2) is 5.17 Å². The van der Waals surface area contributed by atoms with Gasteiger partial charge in [0, 0.05) is 17.5 Å². The number of oxime groups is 1. The third-order valence-corrected chi connectivity index (χ3v) is 1.88. The van der Waals surface area contributed by atoms with Gasteiger partial charge >= 0.3 is 5.97 Å². The fourth-order valence-electron chi connectivity index (χ4n) is 0.744. The molecule has 5 heteroatoms. The average molecular weight is 232 g/mol. The molecule has 0 atom stereocenters. The van der Waals surface area contributed by atoms with Gasteiger partial charge < -0.3 is 4.84 Å². The molecule has 0 saturated heterocycles. The van der Waals surface area contributed by atoms with Crippen molar-refractivity contribution >= 4 is 34.3 Å². The van der Waals surface area contributed by atoms with Gasteiger partial charge in [-0.3, -0.25) is 0 Å². The van der Waals surface area contributed by atoms with Gasteiger partial charge in [-0.05, 0) is 12.1 Å². The van der Waals surface area contributed by atoms with Crippen LogP contribution in [-0.2, 0) is 9.63 Å². The van der Waals surface area contributed by atoms with E-state index in [4.69, 9.17) is 23.2 Å². The lowest BCUT2D eigenvalue weighted by atomic mass is 10.2. The monoisotopic (exact) mass is 231 g/mol. The summed E-state index contributed by atoms with van der Waals surface area (Å²) in [5, 5.41) is 4.12. The molecule has 0 bridgehead atoms. The molecular formula is C9H7Cl2NO2. The molecule has 0 radical (unpaired) electrons. The van der Waals surface area contributed by atoms with Crippen LogP contribution >= 0.6 is 23.2 Å². The topological polar surface area (TPSA) is 38.7 Å². The minimum Gasteiger partial charge on any atom is -0.317 e. The molecular weight excluding hydrogens is 225 g/mol. The molecule has 0 aliphatic carbocycles. The highest BCUT2D eigenvalue weighted by Gasteiger charge is 2.01. The van der Waals surface area contributed by atoms with Crippen LogP contribution in [0.5, 0.6) is 0 Å². The van der Waals surface area contributed by atoms with E-state index in [0.717, 1.165) is 0 Å². The predicted molar refractivity (Wildman–Crippen MR) is 55.6 cm³/mol. The number of carbonyl (C=O) groups excluding carboxylic acids is 1. The SMILES string of the molecule is CC(=O)ON=C(Cl)c1ccc(Cl)cc1. The molecule has 0 N–H and O–H groups in total. The van der Waals surface area contributed by atoms with Crippen molar-refractivity contribution in [2.24, 2.45) is 5.16 Å². The van der Waals surface area contributed by atoms with Gasteiger partial charge in [0.25, 0.3) is 0 Å². The van der Waals surface area contributed by atoms with Crippen molar-refractivity contribution in [3.8, 4) is 0 Å². The lowest BCUT2D eigenvalue weighted by Crippen LogP contribution is -1.96. The van der Waals surface area contributed by atoms with Gasteiger partial charge in [-0.25, -0.2) is 4.79 Å². The number of carbonyl (C=O) groups is 1. The first kappa shape index (κ1) is 11.0. The van der Waals surface area contributed by atoms with Gasteiger partial charge in [0.1, 0.15) is 0 Å². The fourth-order valence-corrected chi connectivity index (χ4v) is 1.03. The Hall–Kier alpha value is -1.06. The maximum atomic E-state index is 10.4. The zero-order chi connectivity index (χ0) is 10.6. The van der Waals surface area contributed by atoms with Crippen molar-refractivity contribution in [3.05, 3.63) is 34.9 Å². The van der Waals surface area contributed by atoms with Gasteiger partial charge in [0.2, 0.25) is 0 Å². The lowest BCUT2D eigenvalue weighted by Gasteiger charge is -1.97. The molecule has 1 aromatic rings. The number of hydrogen-bond acceptors (Lipinski definition) is 3. The quantitative estimate of drug-likeness (QED) is 0.446. The number of rotatable bonds is 2. The Morgan fingerprint density at radius 3 is 2.43 bits per heavy atom. The summed E-state index contributed by atoms with van der Waals surface area (Å²) in [6, 6.07) is 6.69. The molecule has 0 fully saturated rings. The minimum absolute atomic E-state index is 0.108.